The first-order chi connectivity index (χ1) is 9.02. The maximum atomic E-state index is 11.9. The molecule has 0 spiro atoms. The SMILES string of the molecule is O=S(=O)(NC[C@@](O)(c1ccccc1)C1CC1)C1CC1. The minimum atomic E-state index is -3.24. The maximum Gasteiger partial charge on any atom is 0.214 e. The Bertz CT molecular complexity index is 549. The molecule has 2 aliphatic rings. The molecule has 2 saturated carbocycles. The molecule has 2 N–H and O–H groups in total. The largest absolute Gasteiger partial charge is 0.383 e. The van der Waals surface area contributed by atoms with Crippen LogP contribution in [0.4, 0.5) is 0 Å². The number of sulfonamides is 1. The second-order valence-electron chi connectivity index (χ2n) is 5.63. The van der Waals surface area contributed by atoms with Crippen molar-refractivity contribution in [3.63, 3.8) is 0 Å². The van der Waals surface area contributed by atoms with Crippen LogP contribution in [0.1, 0.15) is 31.2 Å². The molecule has 2 fully saturated rings. The highest BCUT2D eigenvalue weighted by molar-refractivity contribution is 7.90. The molecule has 3 rings (SSSR count). The van der Waals surface area contributed by atoms with Gasteiger partial charge in [-0.2, -0.15) is 0 Å². The zero-order valence-electron chi connectivity index (χ0n) is 10.7. The summed E-state index contributed by atoms with van der Waals surface area (Å²) in [6.07, 6.45) is 3.39. The Morgan fingerprint density at radius 1 is 1.16 bits per heavy atom. The predicted octanol–water partition coefficient (Wildman–Crippen LogP) is 1.37. The van der Waals surface area contributed by atoms with E-state index in [0.29, 0.717) is 0 Å². The summed E-state index contributed by atoms with van der Waals surface area (Å²) in [5.74, 6) is 0.164. The third-order valence-electron chi connectivity index (χ3n) is 4.03. The molecule has 0 aliphatic heterocycles. The van der Waals surface area contributed by atoms with Gasteiger partial charge < -0.3 is 5.11 Å². The van der Waals surface area contributed by atoms with Gasteiger partial charge in [0.15, 0.2) is 0 Å². The quantitative estimate of drug-likeness (QED) is 0.827. The zero-order valence-corrected chi connectivity index (χ0v) is 11.6. The summed E-state index contributed by atoms with van der Waals surface area (Å²) in [5, 5.41) is 10.6. The molecule has 5 heteroatoms. The number of nitrogens with one attached hydrogen (secondary N) is 1. The van der Waals surface area contributed by atoms with Crippen LogP contribution in [-0.4, -0.2) is 25.3 Å². The van der Waals surface area contributed by atoms with E-state index < -0.39 is 15.6 Å². The molecule has 0 radical (unpaired) electrons. The van der Waals surface area contributed by atoms with Gasteiger partial charge in [-0.1, -0.05) is 30.3 Å². The van der Waals surface area contributed by atoms with Crippen molar-refractivity contribution in [3.8, 4) is 0 Å². The van der Waals surface area contributed by atoms with E-state index in [1.165, 1.54) is 0 Å². The van der Waals surface area contributed by atoms with Crippen LogP contribution >= 0.6 is 0 Å². The first-order valence-corrected chi connectivity index (χ1v) is 8.33. The van der Waals surface area contributed by atoms with Crippen LogP contribution in [0.25, 0.3) is 0 Å². The van der Waals surface area contributed by atoms with Crippen LogP contribution in [0.15, 0.2) is 30.3 Å². The molecular weight excluding hydrogens is 262 g/mol. The molecule has 0 amide bonds. The lowest BCUT2D eigenvalue weighted by Crippen LogP contribution is -2.43. The molecule has 104 valence electrons. The smallest absolute Gasteiger partial charge is 0.214 e. The van der Waals surface area contributed by atoms with Crippen LogP contribution < -0.4 is 4.72 Å². The molecule has 0 heterocycles. The predicted molar refractivity (Wildman–Crippen MR) is 73.0 cm³/mol. The normalized spacial score (nSPS) is 23.0. The van der Waals surface area contributed by atoms with E-state index in [2.05, 4.69) is 4.72 Å². The fourth-order valence-corrected chi connectivity index (χ4v) is 3.89. The lowest BCUT2D eigenvalue weighted by Gasteiger charge is -2.29. The van der Waals surface area contributed by atoms with Gasteiger partial charge in [0.1, 0.15) is 5.60 Å². The molecule has 0 bridgehead atoms. The number of aliphatic hydroxyl groups is 1. The summed E-state index contributed by atoms with van der Waals surface area (Å²) in [5.41, 5.74) is -0.264. The molecule has 2 aliphatic carbocycles. The molecule has 1 aromatic carbocycles. The number of hydrogen-bond donors (Lipinski definition) is 2. The van der Waals surface area contributed by atoms with Gasteiger partial charge in [0.05, 0.1) is 5.25 Å². The summed E-state index contributed by atoms with van der Waals surface area (Å²) in [6, 6.07) is 9.37. The van der Waals surface area contributed by atoms with Gasteiger partial charge in [-0.05, 0) is 37.2 Å². The molecule has 1 atom stereocenters. The Morgan fingerprint density at radius 3 is 2.32 bits per heavy atom. The van der Waals surface area contributed by atoms with E-state index in [0.717, 1.165) is 31.2 Å². The topological polar surface area (TPSA) is 66.4 Å². The third kappa shape index (κ3) is 2.68. The number of hydrogen-bond acceptors (Lipinski definition) is 3. The fourth-order valence-electron chi connectivity index (χ4n) is 2.48. The van der Waals surface area contributed by atoms with Gasteiger partial charge in [0.25, 0.3) is 0 Å². The highest BCUT2D eigenvalue weighted by Crippen LogP contribution is 2.45. The van der Waals surface area contributed by atoms with E-state index in [1.54, 1.807) is 0 Å². The van der Waals surface area contributed by atoms with Crippen LogP contribution in [0.3, 0.4) is 0 Å². The van der Waals surface area contributed by atoms with Gasteiger partial charge in [0.2, 0.25) is 10.0 Å². The molecule has 0 aromatic heterocycles. The second-order valence-corrected chi connectivity index (χ2v) is 7.68. The van der Waals surface area contributed by atoms with E-state index in [9.17, 15) is 13.5 Å². The highest BCUT2D eigenvalue weighted by Gasteiger charge is 2.46. The van der Waals surface area contributed by atoms with E-state index in [1.807, 2.05) is 30.3 Å². The Balaban J connectivity index is 1.78. The van der Waals surface area contributed by atoms with Crippen molar-refractivity contribution < 1.29 is 13.5 Å². The van der Waals surface area contributed by atoms with Crippen LogP contribution in [0.2, 0.25) is 0 Å². The van der Waals surface area contributed by atoms with E-state index in [-0.39, 0.29) is 17.7 Å². The molecule has 1 aromatic rings. The van der Waals surface area contributed by atoms with Crippen LogP contribution in [0.5, 0.6) is 0 Å². The second kappa shape index (κ2) is 4.58. The molecule has 0 unspecified atom stereocenters. The standard InChI is InChI=1S/C14H19NO3S/c16-14(12-6-7-12,11-4-2-1-3-5-11)10-15-19(17,18)13-8-9-13/h1-5,12-13,15-16H,6-10H2/t14-/m1/s1. The zero-order chi connectivity index (χ0) is 13.5. The van der Waals surface area contributed by atoms with E-state index >= 15 is 0 Å². The number of benzene rings is 1. The Hall–Kier alpha value is -0.910. The van der Waals surface area contributed by atoms with Crippen molar-refractivity contribution in [2.45, 2.75) is 36.5 Å². The Kier molecular flexibility index (Phi) is 3.15. The first-order valence-electron chi connectivity index (χ1n) is 6.79. The number of rotatable bonds is 6. The fraction of sp³-hybridized carbons (Fsp3) is 0.571. The van der Waals surface area contributed by atoms with Crippen molar-refractivity contribution in [3.05, 3.63) is 35.9 Å². The molecular formula is C14H19NO3S. The monoisotopic (exact) mass is 281 g/mol. The van der Waals surface area contributed by atoms with Crippen LogP contribution in [-0.2, 0) is 15.6 Å². The third-order valence-corrected chi connectivity index (χ3v) is 5.93. The summed E-state index contributed by atoms with van der Waals surface area (Å²) in [4.78, 5) is 0. The Morgan fingerprint density at radius 2 is 1.79 bits per heavy atom. The highest BCUT2D eigenvalue weighted by atomic mass is 32.2. The van der Waals surface area contributed by atoms with Crippen molar-refractivity contribution in [2.24, 2.45) is 5.92 Å². The van der Waals surface area contributed by atoms with Crippen molar-refractivity contribution >= 4 is 10.0 Å². The van der Waals surface area contributed by atoms with Crippen LogP contribution in [0, 0.1) is 5.92 Å². The van der Waals surface area contributed by atoms with Crippen molar-refractivity contribution in [1.29, 1.82) is 0 Å². The average molecular weight is 281 g/mol. The van der Waals surface area contributed by atoms with Crippen molar-refractivity contribution in [1.82, 2.24) is 4.72 Å². The van der Waals surface area contributed by atoms with Crippen molar-refractivity contribution in [2.75, 3.05) is 6.54 Å². The summed E-state index contributed by atoms with van der Waals surface area (Å²) < 4.78 is 26.4. The maximum absolute atomic E-state index is 11.9. The molecule has 19 heavy (non-hydrogen) atoms. The lowest BCUT2D eigenvalue weighted by molar-refractivity contribution is 0.0185. The van der Waals surface area contributed by atoms with Gasteiger partial charge in [0, 0.05) is 6.54 Å². The lowest BCUT2D eigenvalue weighted by atomic mass is 9.89. The minimum absolute atomic E-state index is 0.0838. The van der Waals surface area contributed by atoms with Gasteiger partial charge in [-0.3, -0.25) is 0 Å². The van der Waals surface area contributed by atoms with Gasteiger partial charge >= 0.3 is 0 Å². The molecule has 0 saturated heterocycles. The summed E-state index contributed by atoms with van der Waals surface area (Å²) in [7, 11) is -3.24. The average Bonchev–Trinajstić information content (AvgIpc) is 3.29. The summed E-state index contributed by atoms with van der Waals surface area (Å²) >= 11 is 0. The minimum Gasteiger partial charge on any atom is -0.383 e. The molecule has 4 nitrogen and oxygen atoms in total. The van der Waals surface area contributed by atoms with E-state index in [4.69, 9.17) is 0 Å². The summed E-state index contributed by atoms with van der Waals surface area (Å²) in [6.45, 7) is 0.0838. The Labute approximate surface area is 113 Å². The first kappa shape index (κ1) is 13.1. The van der Waals surface area contributed by atoms with Gasteiger partial charge in [-0.15, -0.1) is 0 Å². The van der Waals surface area contributed by atoms with Gasteiger partial charge in [-0.25, -0.2) is 13.1 Å².